The van der Waals surface area contributed by atoms with E-state index in [9.17, 15) is 0 Å². The summed E-state index contributed by atoms with van der Waals surface area (Å²) in [7, 11) is 0. The Balaban J connectivity index is 1.39. The second-order valence-corrected chi connectivity index (χ2v) is 12.8. The summed E-state index contributed by atoms with van der Waals surface area (Å²) in [4.78, 5) is 5.06. The average Bonchev–Trinajstić information content (AvgIpc) is 3.48. The number of aromatic nitrogens is 2. The number of fused-ring (bicyclic) bond motifs is 3. The van der Waals surface area contributed by atoms with Crippen molar-refractivity contribution in [2.45, 2.75) is 26.2 Å². The lowest BCUT2D eigenvalue weighted by Gasteiger charge is -2.21. The highest BCUT2D eigenvalue weighted by atomic mass is 15.1. The largest absolute Gasteiger partial charge is 0.296 e. The second-order valence-electron chi connectivity index (χ2n) is 12.8. The fourth-order valence-corrected chi connectivity index (χ4v) is 6.78. The zero-order valence-corrected chi connectivity index (χ0v) is 25.8. The molecule has 0 aliphatic carbocycles. The summed E-state index contributed by atoms with van der Waals surface area (Å²) in [5, 5.41) is 5.03. The number of para-hydroxylation sites is 2. The Morgan fingerprint density at radius 2 is 0.956 bits per heavy atom. The van der Waals surface area contributed by atoms with E-state index in [4.69, 9.17) is 4.98 Å². The van der Waals surface area contributed by atoms with Gasteiger partial charge >= 0.3 is 0 Å². The van der Waals surface area contributed by atoms with Gasteiger partial charge < -0.3 is 0 Å². The fraction of sp³-hybridized carbons (Fsp3) is 0.0930. The van der Waals surface area contributed by atoms with E-state index in [0.29, 0.717) is 0 Å². The average molecular weight is 579 g/mol. The van der Waals surface area contributed by atoms with Gasteiger partial charge in [-0.15, -0.1) is 0 Å². The summed E-state index contributed by atoms with van der Waals surface area (Å²) in [6.07, 6.45) is 0. The molecule has 0 saturated carbocycles. The topological polar surface area (TPSA) is 17.8 Å². The summed E-state index contributed by atoms with van der Waals surface area (Å²) < 4.78 is 2.32. The number of imidazole rings is 1. The van der Waals surface area contributed by atoms with E-state index in [1.165, 1.54) is 54.9 Å². The smallest absolute Gasteiger partial charge is 0.119 e. The molecule has 0 unspecified atom stereocenters. The molecule has 0 radical (unpaired) electrons. The van der Waals surface area contributed by atoms with Crippen LogP contribution in [0, 0.1) is 0 Å². The SMILES string of the molecule is CC(C)(C)c1nc2ccccc2n1-c1ccc(-c2c3ccccc3c(-c3ccccc3)c3cc(-c4ccccc4)ccc23)cc1. The first-order chi connectivity index (χ1) is 22.0. The maximum Gasteiger partial charge on any atom is 0.119 e. The van der Waals surface area contributed by atoms with Crippen LogP contribution < -0.4 is 0 Å². The van der Waals surface area contributed by atoms with Gasteiger partial charge in [-0.1, -0.05) is 142 Å². The highest BCUT2D eigenvalue weighted by Gasteiger charge is 2.24. The van der Waals surface area contributed by atoms with Gasteiger partial charge in [0.25, 0.3) is 0 Å². The molecule has 0 amide bonds. The van der Waals surface area contributed by atoms with Crippen LogP contribution in [0.3, 0.4) is 0 Å². The Kier molecular flexibility index (Phi) is 6.39. The van der Waals surface area contributed by atoms with E-state index in [1.54, 1.807) is 0 Å². The van der Waals surface area contributed by atoms with Crippen LogP contribution in [0.2, 0.25) is 0 Å². The number of hydrogen-bond acceptors (Lipinski definition) is 1. The maximum absolute atomic E-state index is 5.06. The Morgan fingerprint density at radius 1 is 0.444 bits per heavy atom. The second kappa shape index (κ2) is 10.6. The van der Waals surface area contributed by atoms with Crippen LogP contribution in [0.15, 0.2) is 152 Å². The van der Waals surface area contributed by atoms with Crippen molar-refractivity contribution in [1.29, 1.82) is 0 Å². The van der Waals surface area contributed by atoms with Gasteiger partial charge in [0, 0.05) is 11.1 Å². The predicted octanol–water partition coefficient (Wildman–Crippen LogP) is 11.6. The molecule has 0 bridgehead atoms. The molecular weight excluding hydrogens is 544 g/mol. The van der Waals surface area contributed by atoms with Crippen molar-refractivity contribution in [3.63, 3.8) is 0 Å². The molecule has 0 aliphatic heterocycles. The summed E-state index contributed by atoms with van der Waals surface area (Å²) in [6, 6.07) is 54.8. The van der Waals surface area contributed by atoms with E-state index in [1.807, 2.05) is 0 Å². The molecule has 0 spiro atoms. The molecule has 7 aromatic carbocycles. The number of benzene rings is 7. The van der Waals surface area contributed by atoms with E-state index < -0.39 is 0 Å². The molecule has 1 heterocycles. The van der Waals surface area contributed by atoms with Gasteiger partial charge in [-0.2, -0.15) is 0 Å². The molecule has 45 heavy (non-hydrogen) atoms. The number of rotatable bonds is 4. The third-order valence-corrected chi connectivity index (χ3v) is 8.84. The van der Waals surface area contributed by atoms with Crippen molar-refractivity contribution in [2.24, 2.45) is 0 Å². The predicted molar refractivity (Wildman–Crippen MR) is 191 cm³/mol. The van der Waals surface area contributed by atoms with Gasteiger partial charge in [0.1, 0.15) is 5.82 Å². The van der Waals surface area contributed by atoms with Crippen molar-refractivity contribution in [2.75, 3.05) is 0 Å². The van der Waals surface area contributed by atoms with Gasteiger partial charge in [0.05, 0.1) is 11.0 Å². The standard InChI is InChI=1S/C43H34N2/c1-43(2,3)42-44-38-20-12-13-21-39(38)45(42)33-25-22-31(23-26-33)40-34-18-10-11-19-35(34)41(30-16-8-5-9-17-30)37-28-32(24-27-36(37)40)29-14-6-4-7-15-29/h4-28H,1-3H3. The molecule has 0 fully saturated rings. The molecule has 0 N–H and O–H groups in total. The molecule has 2 nitrogen and oxygen atoms in total. The number of nitrogens with zero attached hydrogens (tertiary/aromatic N) is 2. The van der Waals surface area contributed by atoms with Crippen molar-refractivity contribution < 1.29 is 0 Å². The Labute approximate surface area is 264 Å². The van der Waals surface area contributed by atoms with Gasteiger partial charge in [-0.25, -0.2) is 4.98 Å². The van der Waals surface area contributed by atoms with Gasteiger partial charge in [-0.05, 0) is 85.3 Å². The van der Waals surface area contributed by atoms with Crippen molar-refractivity contribution in [3.8, 4) is 39.1 Å². The minimum Gasteiger partial charge on any atom is -0.296 e. The highest BCUT2D eigenvalue weighted by molar-refractivity contribution is 6.22. The van der Waals surface area contributed by atoms with E-state index >= 15 is 0 Å². The van der Waals surface area contributed by atoms with Crippen LogP contribution in [-0.4, -0.2) is 9.55 Å². The third kappa shape index (κ3) is 4.62. The van der Waals surface area contributed by atoms with Crippen LogP contribution >= 0.6 is 0 Å². The summed E-state index contributed by atoms with van der Waals surface area (Å²) in [6.45, 7) is 6.69. The van der Waals surface area contributed by atoms with Crippen LogP contribution in [0.1, 0.15) is 26.6 Å². The Hall–Kier alpha value is -5.47. The first kappa shape index (κ1) is 27.1. The molecule has 8 aromatic rings. The lowest BCUT2D eigenvalue weighted by atomic mass is 9.85. The lowest BCUT2D eigenvalue weighted by Crippen LogP contribution is -2.18. The quantitative estimate of drug-likeness (QED) is 0.190. The van der Waals surface area contributed by atoms with Crippen molar-refractivity contribution >= 4 is 32.6 Å². The minimum absolute atomic E-state index is 0.103. The van der Waals surface area contributed by atoms with Crippen LogP contribution in [0.25, 0.3) is 71.6 Å². The summed E-state index contributed by atoms with van der Waals surface area (Å²) >= 11 is 0. The van der Waals surface area contributed by atoms with E-state index in [-0.39, 0.29) is 5.41 Å². The molecule has 8 rings (SSSR count). The Bertz CT molecular complexity index is 2320. The minimum atomic E-state index is -0.103. The monoisotopic (exact) mass is 578 g/mol. The van der Waals surface area contributed by atoms with E-state index in [2.05, 4.69) is 177 Å². The van der Waals surface area contributed by atoms with Crippen LogP contribution in [-0.2, 0) is 5.41 Å². The van der Waals surface area contributed by atoms with Gasteiger partial charge in [0.2, 0.25) is 0 Å². The fourth-order valence-electron chi connectivity index (χ4n) is 6.78. The molecule has 2 heteroatoms. The Morgan fingerprint density at radius 3 is 1.62 bits per heavy atom. The maximum atomic E-state index is 5.06. The summed E-state index contributed by atoms with van der Waals surface area (Å²) in [5.41, 5.74) is 10.6. The molecule has 1 aromatic heterocycles. The third-order valence-electron chi connectivity index (χ3n) is 8.84. The van der Waals surface area contributed by atoms with Crippen molar-refractivity contribution in [1.82, 2.24) is 9.55 Å². The lowest BCUT2D eigenvalue weighted by molar-refractivity contribution is 0.539. The molecule has 0 aliphatic rings. The van der Waals surface area contributed by atoms with Crippen LogP contribution in [0.4, 0.5) is 0 Å². The molecular formula is C43H34N2. The zero-order chi connectivity index (χ0) is 30.5. The van der Waals surface area contributed by atoms with Crippen molar-refractivity contribution in [3.05, 3.63) is 157 Å². The van der Waals surface area contributed by atoms with Gasteiger partial charge in [-0.3, -0.25) is 4.57 Å². The number of hydrogen-bond donors (Lipinski definition) is 0. The highest BCUT2D eigenvalue weighted by Crippen LogP contribution is 2.45. The summed E-state index contributed by atoms with van der Waals surface area (Å²) in [5.74, 6) is 1.06. The van der Waals surface area contributed by atoms with Crippen LogP contribution in [0.5, 0.6) is 0 Å². The zero-order valence-electron chi connectivity index (χ0n) is 25.8. The van der Waals surface area contributed by atoms with E-state index in [0.717, 1.165) is 22.5 Å². The first-order valence-electron chi connectivity index (χ1n) is 15.7. The molecule has 0 saturated heterocycles. The normalized spacial score (nSPS) is 11.9. The first-order valence-corrected chi connectivity index (χ1v) is 15.7. The molecule has 216 valence electrons. The van der Waals surface area contributed by atoms with Gasteiger partial charge in [0.15, 0.2) is 0 Å². The molecule has 0 atom stereocenters.